The molecule has 3 heterocycles. The Morgan fingerprint density at radius 2 is 2.03 bits per heavy atom. The molecule has 2 aliphatic rings. The van der Waals surface area contributed by atoms with E-state index in [1.807, 2.05) is 0 Å². The molecule has 1 aromatic heterocycles. The molecular formula is C24H35N3O2. The summed E-state index contributed by atoms with van der Waals surface area (Å²) in [6.45, 7) is 4.88. The lowest BCUT2D eigenvalue weighted by atomic mass is 9.83. The topological polar surface area (TPSA) is 46.5 Å². The maximum Gasteiger partial charge on any atom is 0.220 e. The number of piperidine rings is 2. The van der Waals surface area contributed by atoms with E-state index < -0.39 is 0 Å². The number of carbonyl (C=O) groups is 1. The van der Waals surface area contributed by atoms with Crippen LogP contribution in [0.25, 0.3) is 10.9 Å². The highest BCUT2D eigenvalue weighted by atomic mass is 16.5. The first kappa shape index (κ1) is 20.4. The molecule has 2 aliphatic heterocycles. The summed E-state index contributed by atoms with van der Waals surface area (Å²) in [7, 11) is 1.73. The fourth-order valence-electron chi connectivity index (χ4n) is 5.29. The van der Waals surface area contributed by atoms with E-state index in [1.54, 1.807) is 7.11 Å². The van der Waals surface area contributed by atoms with Gasteiger partial charge in [-0.2, -0.15) is 0 Å². The summed E-state index contributed by atoms with van der Waals surface area (Å²) in [6.07, 6.45) is 10.1. The first-order valence-electron chi connectivity index (χ1n) is 11.3. The van der Waals surface area contributed by atoms with Crippen molar-refractivity contribution in [2.24, 2.45) is 5.92 Å². The SMILES string of the molecule is COCCn1cc(CCC(=O)NC[C@H]2CCCN3CCCC[C@H]23)c2ccccc21. The first-order valence-corrected chi connectivity index (χ1v) is 11.3. The van der Waals surface area contributed by atoms with Crippen LogP contribution in [-0.4, -0.2) is 54.8 Å². The fourth-order valence-corrected chi connectivity index (χ4v) is 5.29. The summed E-state index contributed by atoms with van der Waals surface area (Å²) < 4.78 is 7.48. The molecular weight excluding hydrogens is 362 g/mol. The number of methoxy groups -OCH3 is 1. The summed E-state index contributed by atoms with van der Waals surface area (Å²) in [5, 5.41) is 4.50. The smallest absolute Gasteiger partial charge is 0.220 e. The van der Waals surface area contributed by atoms with Crippen LogP contribution in [0.5, 0.6) is 0 Å². The molecule has 2 atom stereocenters. The number of para-hydroxylation sites is 1. The largest absolute Gasteiger partial charge is 0.383 e. The number of hydrogen-bond acceptors (Lipinski definition) is 3. The predicted octanol–water partition coefficient (Wildman–Crippen LogP) is 3.60. The number of nitrogens with zero attached hydrogens (tertiary/aromatic N) is 2. The normalized spacial score (nSPS) is 22.5. The van der Waals surface area contributed by atoms with Gasteiger partial charge in [-0.3, -0.25) is 4.79 Å². The van der Waals surface area contributed by atoms with Gasteiger partial charge >= 0.3 is 0 Å². The second-order valence-corrected chi connectivity index (χ2v) is 8.66. The molecule has 1 N–H and O–H groups in total. The van der Waals surface area contributed by atoms with Crippen molar-refractivity contribution >= 4 is 16.8 Å². The maximum absolute atomic E-state index is 12.6. The zero-order valence-electron chi connectivity index (χ0n) is 17.7. The Morgan fingerprint density at radius 3 is 2.93 bits per heavy atom. The number of amides is 1. The number of rotatable bonds is 8. The Bertz CT molecular complexity index is 814. The van der Waals surface area contributed by atoms with Crippen molar-refractivity contribution in [2.75, 3.05) is 33.4 Å². The van der Waals surface area contributed by atoms with E-state index in [-0.39, 0.29) is 5.91 Å². The monoisotopic (exact) mass is 397 g/mol. The van der Waals surface area contributed by atoms with Crippen LogP contribution in [0.15, 0.2) is 30.5 Å². The molecule has 158 valence electrons. The molecule has 2 saturated heterocycles. The van der Waals surface area contributed by atoms with Crippen molar-refractivity contribution in [3.8, 4) is 0 Å². The summed E-state index contributed by atoms with van der Waals surface area (Å²) in [6, 6.07) is 9.14. The number of aromatic nitrogens is 1. The van der Waals surface area contributed by atoms with Crippen LogP contribution in [0.3, 0.4) is 0 Å². The fraction of sp³-hybridized carbons (Fsp3) is 0.625. The third kappa shape index (κ3) is 4.84. The van der Waals surface area contributed by atoms with Crippen molar-refractivity contribution < 1.29 is 9.53 Å². The molecule has 0 radical (unpaired) electrons. The minimum absolute atomic E-state index is 0.187. The van der Waals surface area contributed by atoms with Gasteiger partial charge in [0, 0.05) is 49.8 Å². The van der Waals surface area contributed by atoms with Crippen molar-refractivity contribution in [2.45, 2.75) is 57.5 Å². The Kier molecular flexibility index (Phi) is 6.88. The molecule has 1 aromatic carbocycles. The standard InChI is InChI=1S/C24H35N3O2/c1-29-16-15-27-18-20(21-8-2-3-10-23(21)27)11-12-24(28)25-17-19-7-6-14-26-13-5-4-9-22(19)26/h2-3,8,10,18-19,22H,4-7,9,11-17H2,1H3,(H,25,28)/t19-,22-/m1/s1. The maximum atomic E-state index is 12.6. The van der Waals surface area contributed by atoms with Crippen LogP contribution in [0.4, 0.5) is 0 Å². The Labute approximate surface area is 174 Å². The number of hydrogen-bond donors (Lipinski definition) is 1. The average Bonchev–Trinajstić information content (AvgIpc) is 3.12. The van der Waals surface area contributed by atoms with Crippen LogP contribution in [0.2, 0.25) is 0 Å². The summed E-state index contributed by atoms with van der Waals surface area (Å²) >= 11 is 0. The molecule has 5 heteroatoms. The van der Waals surface area contributed by atoms with Crippen molar-refractivity contribution in [3.63, 3.8) is 0 Å². The molecule has 5 nitrogen and oxygen atoms in total. The van der Waals surface area contributed by atoms with E-state index >= 15 is 0 Å². The number of ether oxygens (including phenoxy) is 1. The van der Waals surface area contributed by atoms with Crippen LogP contribution in [0, 0.1) is 5.92 Å². The van der Waals surface area contributed by atoms with Crippen molar-refractivity contribution in [1.82, 2.24) is 14.8 Å². The third-order valence-electron chi connectivity index (χ3n) is 6.82. The molecule has 0 saturated carbocycles. The number of fused-ring (bicyclic) bond motifs is 2. The van der Waals surface area contributed by atoms with Gasteiger partial charge in [0.1, 0.15) is 0 Å². The lowest BCUT2D eigenvalue weighted by Crippen LogP contribution is -2.51. The summed E-state index contributed by atoms with van der Waals surface area (Å²) in [4.78, 5) is 15.2. The minimum Gasteiger partial charge on any atom is -0.383 e. The zero-order valence-corrected chi connectivity index (χ0v) is 17.7. The van der Waals surface area contributed by atoms with Crippen LogP contribution in [-0.2, 0) is 22.5 Å². The van der Waals surface area contributed by atoms with Gasteiger partial charge in [0.05, 0.1) is 6.61 Å². The zero-order chi connectivity index (χ0) is 20.1. The lowest BCUT2D eigenvalue weighted by Gasteiger charge is -2.44. The van der Waals surface area contributed by atoms with E-state index in [0.717, 1.165) is 19.5 Å². The lowest BCUT2D eigenvalue weighted by molar-refractivity contribution is -0.121. The Balaban J connectivity index is 1.31. The van der Waals surface area contributed by atoms with Gasteiger partial charge in [0.25, 0.3) is 0 Å². The van der Waals surface area contributed by atoms with E-state index in [1.165, 1.54) is 61.7 Å². The van der Waals surface area contributed by atoms with Gasteiger partial charge in [-0.25, -0.2) is 0 Å². The number of benzene rings is 1. The van der Waals surface area contributed by atoms with Gasteiger partial charge in [-0.15, -0.1) is 0 Å². The van der Waals surface area contributed by atoms with Gasteiger partial charge in [0.15, 0.2) is 0 Å². The van der Waals surface area contributed by atoms with E-state index in [2.05, 4.69) is 45.2 Å². The molecule has 2 aromatic rings. The van der Waals surface area contributed by atoms with Gasteiger partial charge in [0.2, 0.25) is 5.91 Å². The molecule has 0 unspecified atom stereocenters. The highest BCUT2D eigenvalue weighted by molar-refractivity contribution is 5.85. The number of carbonyl (C=O) groups excluding carboxylic acids is 1. The van der Waals surface area contributed by atoms with Crippen LogP contribution in [0.1, 0.15) is 44.1 Å². The molecule has 29 heavy (non-hydrogen) atoms. The highest BCUT2D eigenvalue weighted by Crippen LogP contribution is 2.30. The third-order valence-corrected chi connectivity index (χ3v) is 6.82. The van der Waals surface area contributed by atoms with Crippen LogP contribution < -0.4 is 5.32 Å². The molecule has 0 bridgehead atoms. The predicted molar refractivity (Wildman–Crippen MR) is 117 cm³/mol. The summed E-state index contributed by atoms with van der Waals surface area (Å²) in [5.41, 5.74) is 2.47. The molecule has 0 aliphatic carbocycles. The highest BCUT2D eigenvalue weighted by Gasteiger charge is 2.32. The molecule has 2 fully saturated rings. The van der Waals surface area contributed by atoms with Gasteiger partial charge < -0.3 is 19.5 Å². The van der Waals surface area contributed by atoms with E-state index in [0.29, 0.717) is 25.0 Å². The molecule has 0 spiro atoms. The molecule has 4 rings (SSSR count). The van der Waals surface area contributed by atoms with Gasteiger partial charge in [-0.1, -0.05) is 24.6 Å². The quantitative estimate of drug-likeness (QED) is 0.740. The van der Waals surface area contributed by atoms with E-state index in [4.69, 9.17) is 4.74 Å². The van der Waals surface area contributed by atoms with Crippen LogP contribution >= 0.6 is 0 Å². The van der Waals surface area contributed by atoms with Crippen molar-refractivity contribution in [3.05, 3.63) is 36.0 Å². The van der Waals surface area contributed by atoms with Gasteiger partial charge in [-0.05, 0) is 62.7 Å². The Morgan fingerprint density at radius 1 is 1.17 bits per heavy atom. The van der Waals surface area contributed by atoms with Crippen molar-refractivity contribution in [1.29, 1.82) is 0 Å². The number of aryl methyl sites for hydroxylation is 1. The second kappa shape index (κ2) is 9.77. The Hall–Kier alpha value is -1.85. The first-order chi connectivity index (χ1) is 14.3. The molecule has 1 amide bonds. The second-order valence-electron chi connectivity index (χ2n) is 8.66. The number of nitrogens with one attached hydrogen (secondary N) is 1. The minimum atomic E-state index is 0.187. The average molecular weight is 398 g/mol. The van der Waals surface area contributed by atoms with E-state index in [9.17, 15) is 4.79 Å². The summed E-state index contributed by atoms with van der Waals surface area (Å²) in [5.74, 6) is 0.815.